The summed E-state index contributed by atoms with van der Waals surface area (Å²) >= 11 is 1.55. The number of aryl methyl sites for hydroxylation is 1. The Morgan fingerprint density at radius 3 is 2.76 bits per heavy atom. The summed E-state index contributed by atoms with van der Waals surface area (Å²) in [6.45, 7) is 1.93. The van der Waals surface area contributed by atoms with Crippen LogP contribution in [0, 0.1) is 6.92 Å². The van der Waals surface area contributed by atoms with Crippen molar-refractivity contribution in [2.75, 3.05) is 11.1 Å². The molecule has 0 saturated carbocycles. The Balaban J connectivity index is 1.88. The Morgan fingerprint density at radius 2 is 2.04 bits per heavy atom. The van der Waals surface area contributed by atoms with Crippen LogP contribution in [0.1, 0.15) is 22.1 Å². The van der Waals surface area contributed by atoms with Gasteiger partial charge in [0.2, 0.25) is 5.91 Å². The number of hydrogen-bond acceptors (Lipinski definition) is 5. The predicted molar refractivity (Wildman–Crippen MR) is 97.1 cm³/mol. The molecule has 2 aromatic heterocycles. The van der Waals surface area contributed by atoms with Crippen molar-refractivity contribution < 1.29 is 9.90 Å². The number of rotatable bonds is 2. The molecule has 126 valence electrons. The Kier molecular flexibility index (Phi) is 3.93. The number of pyridine rings is 1. The third kappa shape index (κ3) is 2.87. The van der Waals surface area contributed by atoms with Crippen LogP contribution in [0.4, 0.5) is 5.82 Å². The monoisotopic (exact) mass is 352 g/mol. The lowest BCUT2D eigenvalue weighted by Gasteiger charge is -2.15. The van der Waals surface area contributed by atoms with Gasteiger partial charge >= 0.3 is 0 Å². The fourth-order valence-corrected chi connectivity index (χ4v) is 4.13. The van der Waals surface area contributed by atoms with Gasteiger partial charge in [0.25, 0.3) is 0 Å². The Labute approximate surface area is 148 Å². The molecule has 2 N–H and O–H groups in total. The summed E-state index contributed by atoms with van der Waals surface area (Å²) in [6, 6.07) is 12.7. The molecule has 0 fully saturated rings. The second-order valence-electron chi connectivity index (χ2n) is 5.78. The van der Waals surface area contributed by atoms with E-state index in [4.69, 9.17) is 0 Å². The molecule has 3 heterocycles. The highest BCUT2D eigenvalue weighted by Crippen LogP contribution is 2.43. The Bertz CT molecular complexity index is 922. The Hall–Kier alpha value is -2.80. The molecule has 6 nitrogen and oxygen atoms in total. The fourth-order valence-electron chi connectivity index (χ4n) is 2.94. The van der Waals surface area contributed by atoms with Gasteiger partial charge in [-0.15, -0.1) is 11.8 Å². The molecule has 0 saturated heterocycles. The number of amides is 1. The van der Waals surface area contributed by atoms with Gasteiger partial charge in [-0.25, -0.2) is 4.98 Å². The second kappa shape index (κ2) is 6.25. The van der Waals surface area contributed by atoms with Crippen LogP contribution in [0.5, 0.6) is 5.75 Å². The van der Waals surface area contributed by atoms with E-state index in [1.165, 1.54) is 0 Å². The van der Waals surface area contributed by atoms with Crippen molar-refractivity contribution in [2.45, 2.75) is 12.2 Å². The SMILES string of the molecule is Cc1nn(-c2ccccn2)c2c1[C@@H](c1ccc(O)cc1)SCC(=O)N2. The summed E-state index contributed by atoms with van der Waals surface area (Å²) in [5.74, 6) is 1.82. The van der Waals surface area contributed by atoms with Crippen molar-refractivity contribution in [1.29, 1.82) is 0 Å². The molecule has 1 aromatic carbocycles. The molecule has 1 amide bonds. The summed E-state index contributed by atoms with van der Waals surface area (Å²) in [6.07, 6.45) is 1.70. The highest BCUT2D eigenvalue weighted by atomic mass is 32.2. The molecule has 0 unspecified atom stereocenters. The number of aromatic hydroxyl groups is 1. The fraction of sp³-hybridized carbons (Fsp3) is 0.167. The van der Waals surface area contributed by atoms with Crippen LogP contribution in [-0.4, -0.2) is 31.5 Å². The van der Waals surface area contributed by atoms with Gasteiger partial charge in [0.1, 0.15) is 11.6 Å². The van der Waals surface area contributed by atoms with E-state index in [2.05, 4.69) is 15.4 Å². The summed E-state index contributed by atoms with van der Waals surface area (Å²) in [5.41, 5.74) is 2.82. The topological polar surface area (TPSA) is 80.0 Å². The minimum atomic E-state index is -0.0652. The van der Waals surface area contributed by atoms with Crippen molar-refractivity contribution in [3.63, 3.8) is 0 Å². The van der Waals surface area contributed by atoms with Crippen LogP contribution in [0.25, 0.3) is 5.82 Å². The zero-order valence-corrected chi connectivity index (χ0v) is 14.3. The molecular weight excluding hydrogens is 336 g/mol. The highest BCUT2D eigenvalue weighted by molar-refractivity contribution is 8.00. The molecule has 0 aliphatic carbocycles. The van der Waals surface area contributed by atoms with Gasteiger partial charge < -0.3 is 10.4 Å². The van der Waals surface area contributed by atoms with Crippen LogP contribution in [0.3, 0.4) is 0 Å². The largest absolute Gasteiger partial charge is 0.508 e. The van der Waals surface area contributed by atoms with Crippen molar-refractivity contribution >= 4 is 23.5 Å². The number of anilines is 1. The Morgan fingerprint density at radius 1 is 1.24 bits per heavy atom. The first-order valence-corrected chi connectivity index (χ1v) is 8.89. The van der Waals surface area contributed by atoms with Gasteiger partial charge in [-0.05, 0) is 36.8 Å². The average Bonchev–Trinajstić information content (AvgIpc) is 2.83. The summed E-state index contributed by atoms with van der Waals surface area (Å²) in [7, 11) is 0. The number of aromatic nitrogens is 3. The quantitative estimate of drug-likeness (QED) is 0.741. The molecule has 1 aliphatic rings. The zero-order chi connectivity index (χ0) is 17.4. The van der Waals surface area contributed by atoms with Crippen LogP contribution < -0.4 is 5.32 Å². The maximum absolute atomic E-state index is 12.2. The third-order valence-electron chi connectivity index (χ3n) is 4.07. The van der Waals surface area contributed by atoms with E-state index in [0.29, 0.717) is 17.4 Å². The maximum atomic E-state index is 12.2. The number of hydrogen-bond donors (Lipinski definition) is 2. The number of nitrogens with one attached hydrogen (secondary N) is 1. The number of nitrogens with zero attached hydrogens (tertiary/aromatic N) is 3. The number of thioether (sulfide) groups is 1. The van der Waals surface area contributed by atoms with E-state index in [9.17, 15) is 9.90 Å². The van der Waals surface area contributed by atoms with E-state index in [0.717, 1.165) is 16.8 Å². The van der Waals surface area contributed by atoms with Crippen molar-refractivity contribution in [3.05, 3.63) is 65.5 Å². The summed E-state index contributed by atoms with van der Waals surface area (Å²) in [5, 5.41) is 17.1. The number of phenolic OH excluding ortho intramolecular Hbond substituents is 1. The minimum absolute atomic E-state index is 0.0491. The van der Waals surface area contributed by atoms with Gasteiger partial charge in [-0.1, -0.05) is 18.2 Å². The summed E-state index contributed by atoms with van der Waals surface area (Å²) < 4.78 is 1.68. The molecule has 1 aliphatic heterocycles. The first kappa shape index (κ1) is 15.7. The van der Waals surface area contributed by atoms with Crippen molar-refractivity contribution in [2.24, 2.45) is 0 Å². The average molecular weight is 352 g/mol. The van der Waals surface area contributed by atoms with Crippen LogP contribution in [0.2, 0.25) is 0 Å². The minimum Gasteiger partial charge on any atom is -0.508 e. The molecule has 1 atom stereocenters. The van der Waals surface area contributed by atoms with E-state index < -0.39 is 0 Å². The number of fused-ring (bicyclic) bond motifs is 1. The third-order valence-corrected chi connectivity index (χ3v) is 5.34. The highest BCUT2D eigenvalue weighted by Gasteiger charge is 2.30. The summed E-state index contributed by atoms with van der Waals surface area (Å²) in [4.78, 5) is 16.6. The van der Waals surface area contributed by atoms with Gasteiger partial charge in [0.05, 0.1) is 16.7 Å². The first-order valence-electron chi connectivity index (χ1n) is 7.85. The van der Waals surface area contributed by atoms with Crippen LogP contribution in [-0.2, 0) is 4.79 Å². The number of carbonyl (C=O) groups is 1. The van der Waals surface area contributed by atoms with Crippen LogP contribution in [0.15, 0.2) is 48.7 Å². The zero-order valence-electron chi connectivity index (χ0n) is 13.5. The first-order chi connectivity index (χ1) is 12.1. The molecular formula is C18H16N4O2S. The predicted octanol–water partition coefficient (Wildman–Crippen LogP) is 3.06. The molecule has 3 aromatic rings. The number of phenols is 1. The number of carbonyl (C=O) groups excluding carboxylic acids is 1. The lowest BCUT2D eigenvalue weighted by Crippen LogP contribution is -2.16. The van der Waals surface area contributed by atoms with E-state index in [1.54, 1.807) is 34.8 Å². The molecule has 0 spiro atoms. The van der Waals surface area contributed by atoms with Gasteiger partial charge in [-0.2, -0.15) is 9.78 Å². The van der Waals surface area contributed by atoms with Gasteiger partial charge in [0.15, 0.2) is 5.82 Å². The maximum Gasteiger partial charge on any atom is 0.235 e. The normalized spacial score (nSPS) is 16.8. The van der Waals surface area contributed by atoms with Gasteiger partial charge in [0, 0.05) is 11.8 Å². The van der Waals surface area contributed by atoms with Crippen molar-refractivity contribution in [3.8, 4) is 11.6 Å². The second-order valence-corrected chi connectivity index (χ2v) is 6.87. The molecule has 25 heavy (non-hydrogen) atoms. The van der Waals surface area contributed by atoms with E-state index in [-0.39, 0.29) is 16.9 Å². The van der Waals surface area contributed by atoms with Gasteiger partial charge in [-0.3, -0.25) is 4.79 Å². The molecule has 7 heteroatoms. The molecule has 0 bridgehead atoms. The van der Waals surface area contributed by atoms with Crippen molar-refractivity contribution in [1.82, 2.24) is 14.8 Å². The standard InChI is InChI=1S/C18H16N4O2S/c1-11-16-17(12-5-7-13(23)8-6-12)25-10-15(24)20-18(16)22(21-11)14-4-2-3-9-19-14/h2-9,17,23H,10H2,1H3,(H,20,24)/t17-/m1/s1. The number of benzene rings is 1. The lowest BCUT2D eigenvalue weighted by atomic mass is 10.0. The molecule has 4 rings (SSSR count). The smallest absolute Gasteiger partial charge is 0.235 e. The molecule has 0 radical (unpaired) electrons. The van der Waals surface area contributed by atoms with E-state index in [1.807, 2.05) is 37.3 Å². The lowest BCUT2D eigenvalue weighted by molar-refractivity contribution is -0.113. The van der Waals surface area contributed by atoms with Crippen LogP contribution >= 0.6 is 11.8 Å². The van der Waals surface area contributed by atoms with E-state index >= 15 is 0 Å².